The summed E-state index contributed by atoms with van der Waals surface area (Å²) >= 11 is 0. The van der Waals surface area contributed by atoms with Crippen molar-refractivity contribution in [1.82, 2.24) is 25.0 Å². The molecule has 2 heterocycles. The molecule has 0 bridgehead atoms. The van der Waals surface area contributed by atoms with E-state index in [2.05, 4.69) is 39.4 Å². The molecule has 2 aromatic rings. The minimum absolute atomic E-state index is 0.114. The van der Waals surface area contributed by atoms with E-state index < -0.39 is 5.60 Å². The maximum absolute atomic E-state index is 11.6. The van der Waals surface area contributed by atoms with Gasteiger partial charge >= 0.3 is 0 Å². The smallest absolute Gasteiger partial charge is 0.222 e. The molecule has 2 N–H and O–H groups in total. The summed E-state index contributed by atoms with van der Waals surface area (Å²) in [5.41, 5.74) is 2.39. The lowest BCUT2D eigenvalue weighted by Crippen LogP contribution is -2.49. The van der Waals surface area contributed by atoms with Gasteiger partial charge in [0.05, 0.1) is 17.7 Å². The highest BCUT2D eigenvalue weighted by molar-refractivity contribution is 5.76. The Morgan fingerprint density at radius 2 is 2.28 bits per heavy atom. The van der Waals surface area contributed by atoms with Gasteiger partial charge in [0.1, 0.15) is 12.7 Å². The third kappa shape index (κ3) is 4.24. The van der Waals surface area contributed by atoms with E-state index in [1.165, 1.54) is 11.9 Å². The molecule has 1 saturated heterocycles. The highest BCUT2D eigenvalue weighted by atomic mass is 16.3. The maximum Gasteiger partial charge on any atom is 0.222 e. The summed E-state index contributed by atoms with van der Waals surface area (Å²) in [4.78, 5) is 17.8. The second-order valence-electron chi connectivity index (χ2n) is 6.85. The van der Waals surface area contributed by atoms with Crippen molar-refractivity contribution in [2.75, 3.05) is 20.1 Å². The normalized spacial score (nSPS) is 21.2. The predicted molar refractivity (Wildman–Crippen MR) is 94.2 cm³/mol. The Balaban J connectivity index is 1.68. The molecular formula is C18H25N5O2. The molecule has 0 radical (unpaired) electrons. The monoisotopic (exact) mass is 343 g/mol. The van der Waals surface area contributed by atoms with Crippen molar-refractivity contribution >= 4 is 5.91 Å². The largest absolute Gasteiger partial charge is 0.388 e. The van der Waals surface area contributed by atoms with Gasteiger partial charge in [-0.25, -0.2) is 9.67 Å². The lowest BCUT2D eigenvalue weighted by Gasteiger charge is -2.39. The Bertz CT molecular complexity index is 731. The first-order valence-electron chi connectivity index (χ1n) is 8.59. The van der Waals surface area contributed by atoms with Gasteiger partial charge in [0.2, 0.25) is 5.91 Å². The van der Waals surface area contributed by atoms with Gasteiger partial charge in [-0.05, 0) is 43.5 Å². The average molecular weight is 343 g/mol. The third-order valence-electron chi connectivity index (χ3n) is 4.74. The van der Waals surface area contributed by atoms with E-state index in [0.717, 1.165) is 30.8 Å². The number of aromatic nitrogens is 3. The van der Waals surface area contributed by atoms with Gasteiger partial charge in [-0.3, -0.25) is 9.69 Å². The highest BCUT2D eigenvalue weighted by Gasteiger charge is 2.35. The van der Waals surface area contributed by atoms with E-state index >= 15 is 0 Å². The van der Waals surface area contributed by atoms with Crippen LogP contribution >= 0.6 is 0 Å². The van der Waals surface area contributed by atoms with Gasteiger partial charge in [-0.15, -0.1) is 0 Å². The number of likely N-dealkylation sites (tertiary alicyclic amines) is 1. The number of aliphatic hydroxyl groups is 1. The Kier molecular flexibility index (Phi) is 5.15. The van der Waals surface area contributed by atoms with Crippen molar-refractivity contribution in [3.05, 3.63) is 42.0 Å². The number of piperidine rings is 1. The topological polar surface area (TPSA) is 83.3 Å². The van der Waals surface area contributed by atoms with Crippen LogP contribution < -0.4 is 5.32 Å². The van der Waals surface area contributed by atoms with Crippen molar-refractivity contribution in [2.45, 2.75) is 38.3 Å². The zero-order valence-corrected chi connectivity index (χ0v) is 14.8. The molecule has 0 spiro atoms. The first-order valence-corrected chi connectivity index (χ1v) is 8.59. The predicted octanol–water partition coefficient (Wildman–Crippen LogP) is 1.04. The number of carbonyl (C=O) groups excluding carboxylic acids is 1. The van der Waals surface area contributed by atoms with Crippen LogP contribution in [-0.2, 0) is 11.3 Å². The SMILES string of the molecule is CNC(=O)CC1(O)CCCN(Cc2ccc(-n3cncn3)c(C)c2)C1. The molecule has 1 aromatic heterocycles. The standard InChI is InChI=1S/C18H25N5O2/c1-14-8-15(4-5-16(14)23-13-20-12-21-23)10-22-7-3-6-18(25,11-22)9-17(24)19-2/h4-5,8,12-13,25H,3,6-7,9-11H2,1-2H3,(H,19,24). The van der Waals surface area contributed by atoms with Crippen molar-refractivity contribution < 1.29 is 9.90 Å². The van der Waals surface area contributed by atoms with Crippen LogP contribution in [0.4, 0.5) is 0 Å². The van der Waals surface area contributed by atoms with E-state index in [-0.39, 0.29) is 12.3 Å². The zero-order valence-electron chi connectivity index (χ0n) is 14.8. The molecule has 7 nitrogen and oxygen atoms in total. The number of β-amino-alcohol motifs (C(OH)–C–C–N with tert-alkyl or cyclic N) is 1. The summed E-state index contributed by atoms with van der Waals surface area (Å²) in [6, 6.07) is 6.26. The molecule has 1 atom stereocenters. The van der Waals surface area contributed by atoms with Crippen molar-refractivity contribution in [2.24, 2.45) is 0 Å². The van der Waals surface area contributed by atoms with Crippen LogP contribution in [0.15, 0.2) is 30.9 Å². The van der Waals surface area contributed by atoms with Gasteiger partial charge < -0.3 is 10.4 Å². The van der Waals surface area contributed by atoms with Crippen molar-refractivity contribution in [3.63, 3.8) is 0 Å². The van der Waals surface area contributed by atoms with Gasteiger partial charge in [0.25, 0.3) is 0 Å². The van der Waals surface area contributed by atoms with Crippen LogP contribution in [0, 0.1) is 6.92 Å². The van der Waals surface area contributed by atoms with E-state index in [1.807, 2.05) is 6.07 Å². The minimum Gasteiger partial charge on any atom is -0.388 e. The molecule has 7 heteroatoms. The van der Waals surface area contributed by atoms with E-state index in [4.69, 9.17) is 0 Å². The number of aryl methyl sites for hydroxylation is 1. The van der Waals surface area contributed by atoms with Crippen LogP contribution in [0.3, 0.4) is 0 Å². The molecule has 1 aliphatic rings. The van der Waals surface area contributed by atoms with Crippen LogP contribution in [0.25, 0.3) is 5.69 Å². The molecular weight excluding hydrogens is 318 g/mol. The molecule has 3 rings (SSSR count). The fourth-order valence-corrected chi connectivity index (χ4v) is 3.54. The number of carbonyl (C=O) groups is 1. The Morgan fingerprint density at radius 3 is 2.96 bits per heavy atom. The summed E-state index contributed by atoms with van der Waals surface area (Å²) in [5, 5.41) is 17.5. The van der Waals surface area contributed by atoms with Crippen LogP contribution in [0.1, 0.15) is 30.4 Å². The Hall–Kier alpha value is -2.25. The second kappa shape index (κ2) is 7.33. The van der Waals surface area contributed by atoms with Crippen LogP contribution in [-0.4, -0.2) is 56.4 Å². The summed E-state index contributed by atoms with van der Waals surface area (Å²) in [5.74, 6) is -0.114. The Labute approximate surface area is 147 Å². The highest BCUT2D eigenvalue weighted by Crippen LogP contribution is 2.26. The first kappa shape index (κ1) is 17.6. The average Bonchev–Trinajstić information content (AvgIpc) is 3.08. The second-order valence-corrected chi connectivity index (χ2v) is 6.85. The lowest BCUT2D eigenvalue weighted by molar-refractivity contribution is -0.128. The Morgan fingerprint density at radius 1 is 1.44 bits per heavy atom. The minimum atomic E-state index is -0.936. The number of nitrogens with zero attached hydrogens (tertiary/aromatic N) is 4. The van der Waals surface area contributed by atoms with Crippen molar-refractivity contribution in [1.29, 1.82) is 0 Å². The van der Waals surface area contributed by atoms with Gasteiger partial charge in [-0.1, -0.05) is 12.1 Å². The molecule has 0 saturated carbocycles. The number of rotatable bonds is 5. The molecule has 1 fully saturated rings. The first-order chi connectivity index (χ1) is 12.0. The number of nitrogens with one attached hydrogen (secondary N) is 1. The quantitative estimate of drug-likeness (QED) is 0.847. The number of amides is 1. The summed E-state index contributed by atoms with van der Waals surface area (Å²) in [6.07, 6.45) is 4.93. The van der Waals surface area contributed by atoms with Crippen molar-refractivity contribution in [3.8, 4) is 5.69 Å². The van der Waals surface area contributed by atoms with Crippen LogP contribution in [0.2, 0.25) is 0 Å². The van der Waals surface area contributed by atoms with Gasteiger partial charge in [0, 0.05) is 20.1 Å². The van der Waals surface area contributed by atoms with Gasteiger partial charge in [-0.2, -0.15) is 5.10 Å². The van der Waals surface area contributed by atoms with Crippen LogP contribution in [0.5, 0.6) is 0 Å². The molecule has 134 valence electrons. The molecule has 1 amide bonds. The third-order valence-corrected chi connectivity index (χ3v) is 4.74. The van der Waals surface area contributed by atoms with Gasteiger partial charge in [0.15, 0.2) is 0 Å². The number of benzene rings is 1. The van der Waals surface area contributed by atoms with E-state index in [0.29, 0.717) is 13.0 Å². The number of hydrogen-bond acceptors (Lipinski definition) is 5. The fourth-order valence-electron chi connectivity index (χ4n) is 3.54. The van der Waals surface area contributed by atoms with E-state index in [9.17, 15) is 9.90 Å². The molecule has 0 aliphatic carbocycles. The molecule has 1 aromatic carbocycles. The summed E-state index contributed by atoms with van der Waals surface area (Å²) < 4.78 is 1.75. The summed E-state index contributed by atoms with van der Waals surface area (Å²) in [7, 11) is 1.60. The fraction of sp³-hybridized carbons (Fsp3) is 0.500. The summed E-state index contributed by atoms with van der Waals surface area (Å²) in [6.45, 7) is 4.26. The van der Waals surface area contributed by atoms with E-state index in [1.54, 1.807) is 18.1 Å². The molecule has 1 unspecified atom stereocenters. The maximum atomic E-state index is 11.6. The zero-order chi connectivity index (χ0) is 17.9. The lowest BCUT2D eigenvalue weighted by atomic mass is 9.89. The molecule has 1 aliphatic heterocycles. The molecule has 25 heavy (non-hydrogen) atoms. The number of hydrogen-bond donors (Lipinski definition) is 2.